The van der Waals surface area contributed by atoms with Gasteiger partial charge in [-0.1, -0.05) is 11.6 Å². The first-order chi connectivity index (χ1) is 9.23. The van der Waals surface area contributed by atoms with Gasteiger partial charge in [0.15, 0.2) is 6.04 Å². The number of hydrogen-bond donors (Lipinski definition) is 3. The number of aliphatic carboxylic acids is 1. The highest BCUT2D eigenvalue weighted by Crippen LogP contribution is 2.20. The molecule has 0 spiro atoms. The molecule has 0 saturated carbocycles. The molecule has 0 radical (unpaired) electrons. The zero-order valence-electron chi connectivity index (χ0n) is 10.1. The third-order valence-corrected chi connectivity index (χ3v) is 2.53. The van der Waals surface area contributed by atoms with Gasteiger partial charge in [0.05, 0.1) is 11.0 Å². The Labute approximate surface area is 117 Å². The van der Waals surface area contributed by atoms with Crippen molar-refractivity contribution in [2.75, 3.05) is 0 Å². The number of nitrogens with zero attached hydrogens (tertiary/aromatic N) is 2. The van der Waals surface area contributed by atoms with Gasteiger partial charge < -0.3 is 15.5 Å². The number of carbonyl (C=O) groups excluding carboxylic acids is 1. The maximum atomic E-state index is 11.9. The largest absolute Gasteiger partial charge is 0.480 e. The van der Waals surface area contributed by atoms with Crippen LogP contribution in [0.1, 0.15) is 17.3 Å². The van der Waals surface area contributed by atoms with Crippen molar-refractivity contribution in [3.8, 4) is 0 Å². The van der Waals surface area contributed by atoms with Crippen LogP contribution in [0.3, 0.4) is 0 Å². The standard InChI is InChI=1S/C10H10ClN3O6/c1-4(15)8(10(17)18)13-9(16)5-2-7(11)12-3-6(5)14(19)20/h2-4,8,15H,1H3,(H,13,16)(H,17,18). The molecule has 1 heterocycles. The van der Waals surface area contributed by atoms with Gasteiger partial charge in [-0.3, -0.25) is 14.9 Å². The van der Waals surface area contributed by atoms with E-state index in [-0.39, 0.29) is 5.15 Å². The number of aliphatic hydroxyl groups is 1. The third kappa shape index (κ3) is 3.62. The van der Waals surface area contributed by atoms with Crippen LogP contribution in [-0.4, -0.2) is 44.1 Å². The number of aliphatic hydroxyl groups excluding tert-OH is 1. The van der Waals surface area contributed by atoms with Crippen molar-refractivity contribution in [1.82, 2.24) is 10.3 Å². The fourth-order valence-electron chi connectivity index (χ4n) is 1.36. The van der Waals surface area contributed by atoms with Crippen LogP contribution < -0.4 is 5.32 Å². The Kier molecular flexibility index (Phi) is 4.94. The molecule has 0 aliphatic carbocycles. The van der Waals surface area contributed by atoms with E-state index in [4.69, 9.17) is 16.7 Å². The topological polar surface area (TPSA) is 143 Å². The molecule has 1 aromatic heterocycles. The lowest BCUT2D eigenvalue weighted by Gasteiger charge is -2.16. The molecule has 0 aliphatic heterocycles. The molecular formula is C10H10ClN3O6. The third-order valence-electron chi connectivity index (χ3n) is 2.33. The van der Waals surface area contributed by atoms with Crippen LogP contribution in [0.2, 0.25) is 5.15 Å². The molecule has 2 unspecified atom stereocenters. The van der Waals surface area contributed by atoms with Crippen LogP contribution in [-0.2, 0) is 4.79 Å². The fourth-order valence-corrected chi connectivity index (χ4v) is 1.52. The minimum atomic E-state index is -1.60. The number of carbonyl (C=O) groups is 2. The van der Waals surface area contributed by atoms with Crippen molar-refractivity contribution < 1.29 is 24.7 Å². The summed E-state index contributed by atoms with van der Waals surface area (Å²) in [7, 11) is 0. The molecule has 10 heteroatoms. The Morgan fingerprint density at radius 2 is 2.15 bits per heavy atom. The van der Waals surface area contributed by atoms with Crippen LogP contribution in [0.15, 0.2) is 12.3 Å². The number of hydrogen-bond acceptors (Lipinski definition) is 6. The first-order valence-corrected chi connectivity index (χ1v) is 5.63. The van der Waals surface area contributed by atoms with E-state index < -0.39 is 40.2 Å². The van der Waals surface area contributed by atoms with E-state index in [1.807, 2.05) is 5.32 Å². The normalized spacial score (nSPS) is 13.3. The first-order valence-electron chi connectivity index (χ1n) is 5.25. The number of carboxylic acid groups (broad SMARTS) is 1. The number of nitro groups is 1. The zero-order chi connectivity index (χ0) is 15.4. The van der Waals surface area contributed by atoms with Gasteiger partial charge in [-0.15, -0.1) is 0 Å². The Bertz CT molecular complexity index is 562. The molecule has 0 saturated heterocycles. The lowest BCUT2D eigenvalue weighted by Crippen LogP contribution is -2.47. The van der Waals surface area contributed by atoms with Crippen LogP contribution in [0.4, 0.5) is 5.69 Å². The Hall–Kier alpha value is -2.26. The lowest BCUT2D eigenvalue weighted by molar-refractivity contribution is -0.385. The van der Waals surface area contributed by atoms with Gasteiger partial charge >= 0.3 is 5.97 Å². The second-order valence-corrected chi connectivity index (χ2v) is 4.20. The van der Waals surface area contributed by atoms with Crippen LogP contribution in [0, 0.1) is 10.1 Å². The Morgan fingerprint density at radius 3 is 2.60 bits per heavy atom. The summed E-state index contributed by atoms with van der Waals surface area (Å²) in [5.41, 5.74) is -1.07. The molecule has 0 bridgehead atoms. The van der Waals surface area contributed by atoms with E-state index in [2.05, 4.69) is 4.98 Å². The van der Waals surface area contributed by atoms with Crippen LogP contribution in [0.25, 0.3) is 0 Å². The fraction of sp³-hybridized carbons (Fsp3) is 0.300. The highest BCUT2D eigenvalue weighted by molar-refractivity contribution is 6.29. The number of amides is 1. The highest BCUT2D eigenvalue weighted by Gasteiger charge is 2.29. The number of rotatable bonds is 5. The molecule has 0 fully saturated rings. The summed E-state index contributed by atoms with van der Waals surface area (Å²) in [6.45, 7) is 1.16. The average Bonchev–Trinajstić information content (AvgIpc) is 2.34. The molecule has 3 N–H and O–H groups in total. The highest BCUT2D eigenvalue weighted by atomic mass is 35.5. The van der Waals surface area contributed by atoms with E-state index in [0.717, 1.165) is 19.2 Å². The molecular weight excluding hydrogens is 294 g/mol. The summed E-state index contributed by atoms with van der Waals surface area (Å²) < 4.78 is 0. The maximum Gasteiger partial charge on any atom is 0.328 e. The van der Waals surface area contributed by atoms with Crippen molar-refractivity contribution >= 4 is 29.2 Å². The molecule has 2 atom stereocenters. The minimum Gasteiger partial charge on any atom is -0.480 e. The van der Waals surface area contributed by atoms with Crippen molar-refractivity contribution in [1.29, 1.82) is 0 Å². The van der Waals surface area contributed by atoms with Crippen molar-refractivity contribution in [3.63, 3.8) is 0 Å². The summed E-state index contributed by atoms with van der Waals surface area (Å²) in [5, 5.41) is 30.6. The Morgan fingerprint density at radius 1 is 1.55 bits per heavy atom. The molecule has 1 amide bonds. The molecule has 0 aromatic carbocycles. The van der Waals surface area contributed by atoms with Gasteiger partial charge in [0.25, 0.3) is 11.6 Å². The zero-order valence-corrected chi connectivity index (χ0v) is 10.9. The molecule has 0 aliphatic rings. The van der Waals surface area contributed by atoms with E-state index >= 15 is 0 Å². The maximum absolute atomic E-state index is 11.9. The van der Waals surface area contributed by atoms with Gasteiger partial charge in [0.2, 0.25) is 0 Å². The van der Waals surface area contributed by atoms with Crippen molar-refractivity contribution in [2.24, 2.45) is 0 Å². The van der Waals surface area contributed by atoms with Gasteiger partial charge in [-0.05, 0) is 13.0 Å². The van der Waals surface area contributed by atoms with Gasteiger partial charge in [-0.2, -0.15) is 0 Å². The average molecular weight is 304 g/mol. The Balaban J connectivity index is 3.11. The smallest absolute Gasteiger partial charge is 0.328 e. The van der Waals surface area contributed by atoms with Gasteiger partial charge in [0.1, 0.15) is 16.9 Å². The predicted octanol–water partition coefficient (Wildman–Crippen LogP) is 0.207. The summed E-state index contributed by atoms with van der Waals surface area (Å²) in [4.78, 5) is 36.1. The van der Waals surface area contributed by atoms with Crippen LogP contribution >= 0.6 is 11.6 Å². The van der Waals surface area contributed by atoms with Crippen molar-refractivity contribution in [2.45, 2.75) is 19.1 Å². The van der Waals surface area contributed by atoms with Crippen molar-refractivity contribution in [3.05, 3.63) is 33.1 Å². The van der Waals surface area contributed by atoms with E-state index in [1.165, 1.54) is 0 Å². The molecule has 9 nitrogen and oxygen atoms in total. The SMILES string of the molecule is CC(O)C(NC(=O)c1cc(Cl)ncc1[N+](=O)[O-])C(=O)O. The van der Waals surface area contributed by atoms with E-state index in [0.29, 0.717) is 0 Å². The molecule has 108 valence electrons. The number of aromatic nitrogens is 1. The minimum absolute atomic E-state index is 0.162. The van der Waals surface area contributed by atoms with Crippen LogP contribution in [0.5, 0.6) is 0 Å². The summed E-state index contributed by atoms with van der Waals surface area (Å²) in [6, 6.07) is -0.662. The monoisotopic (exact) mass is 303 g/mol. The second-order valence-electron chi connectivity index (χ2n) is 3.81. The number of pyridine rings is 1. The summed E-state index contributed by atoms with van der Waals surface area (Å²) in [5.74, 6) is -2.52. The predicted molar refractivity (Wildman–Crippen MR) is 66.5 cm³/mol. The number of nitrogens with one attached hydrogen (secondary N) is 1. The quantitative estimate of drug-likeness (QED) is 0.400. The van der Waals surface area contributed by atoms with Gasteiger partial charge in [-0.25, -0.2) is 9.78 Å². The lowest BCUT2D eigenvalue weighted by atomic mass is 10.1. The number of carboxylic acids is 1. The number of halogens is 1. The van der Waals surface area contributed by atoms with E-state index in [1.54, 1.807) is 0 Å². The summed E-state index contributed by atoms with van der Waals surface area (Å²) in [6.07, 6.45) is -0.595. The molecule has 1 rings (SSSR count). The molecule has 20 heavy (non-hydrogen) atoms. The molecule has 1 aromatic rings. The van der Waals surface area contributed by atoms with Gasteiger partial charge in [0, 0.05) is 0 Å². The summed E-state index contributed by atoms with van der Waals surface area (Å²) >= 11 is 5.55. The van der Waals surface area contributed by atoms with E-state index in [9.17, 15) is 24.8 Å². The second kappa shape index (κ2) is 6.26. The first kappa shape index (κ1) is 15.8.